The maximum atomic E-state index is 12.9. The Labute approximate surface area is 146 Å². The van der Waals surface area contributed by atoms with Crippen LogP contribution in [0, 0.1) is 0 Å². The van der Waals surface area contributed by atoms with Crippen molar-refractivity contribution in [1.82, 2.24) is 4.90 Å². The first kappa shape index (κ1) is 15.0. The quantitative estimate of drug-likeness (QED) is 0.652. The first-order valence-corrected chi connectivity index (χ1v) is 9.04. The van der Waals surface area contributed by atoms with E-state index >= 15 is 0 Å². The first-order valence-electron chi connectivity index (χ1n) is 9.04. The van der Waals surface area contributed by atoms with E-state index in [1.54, 1.807) is 0 Å². The van der Waals surface area contributed by atoms with Gasteiger partial charge in [0, 0.05) is 35.7 Å². The summed E-state index contributed by atoms with van der Waals surface area (Å²) in [7, 11) is 2.19. The zero-order valence-corrected chi connectivity index (χ0v) is 14.3. The minimum Gasteiger partial charge on any atom is -0.459 e. The summed E-state index contributed by atoms with van der Waals surface area (Å²) in [6.45, 7) is 0. The normalized spacial score (nSPS) is 26.4. The number of hydrogen-bond acceptors (Lipinski definition) is 4. The van der Waals surface area contributed by atoms with Crippen LogP contribution in [-0.2, 0) is 4.74 Å². The molecule has 0 amide bonds. The maximum absolute atomic E-state index is 12.9. The summed E-state index contributed by atoms with van der Waals surface area (Å²) in [6, 6.07) is 14.6. The fourth-order valence-electron chi connectivity index (χ4n) is 4.62. The predicted molar refractivity (Wildman–Crippen MR) is 96.7 cm³/mol. The summed E-state index contributed by atoms with van der Waals surface area (Å²) in [5.74, 6) is -0.230. The van der Waals surface area contributed by atoms with Crippen LogP contribution in [0.15, 0.2) is 46.9 Å². The number of para-hydroxylation sites is 1. The fourth-order valence-corrected chi connectivity index (χ4v) is 4.62. The number of piperidine rings is 1. The molecule has 2 bridgehead atoms. The van der Waals surface area contributed by atoms with Crippen LogP contribution >= 0.6 is 0 Å². The third-order valence-electron chi connectivity index (χ3n) is 5.95. The fraction of sp³-hybridized carbons (Fsp3) is 0.381. The van der Waals surface area contributed by atoms with Gasteiger partial charge in [0.25, 0.3) is 0 Å². The molecule has 3 atom stereocenters. The number of fused-ring (bicyclic) bond motifs is 5. The molecule has 2 saturated heterocycles. The Bertz CT molecular complexity index is 946. The number of nitrogens with zero attached hydrogens (tertiary/aromatic N) is 1. The third kappa shape index (κ3) is 2.35. The van der Waals surface area contributed by atoms with Gasteiger partial charge in [-0.1, -0.05) is 24.3 Å². The van der Waals surface area contributed by atoms with E-state index in [0.717, 1.165) is 34.8 Å². The molecule has 2 aromatic carbocycles. The average molecular weight is 335 g/mol. The number of benzene rings is 2. The lowest BCUT2D eigenvalue weighted by Crippen LogP contribution is -2.43. The number of ether oxygens (including phenoxy) is 1. The highest BCUT2D eigenvalue weighted by Gasteiger charge is 2.40. The second-order valence-corrected chi connectivity index (χ2v) is 7.33. The highest BCUT2D eigenvalue weighted by molar-refractivity contribution is 6.15. The standard InChI is InChI=1S/C21H21NO3/c1-22-13-9-10-14(22)12-15(11-13)24-21(23)17-6-4-8-19-20(17)16-5-2-3-7-18(16)25-19/h2-8,13-15H,9-12H2,1H3/t13-,14+,15?. The number of esters is 1. The van der Waals surface area contributed by atoms with Crippen LogP contribution in [0.25, 0.3) is 21.9 Å². The van der Waals surface area contributed by atoms with Gasteiger partial charge in [-0.15, -0.1) is 0 Å². The number of furan rings is 1. The van der Waals surface area contributed by atoms with Gasteiger partial charge in [0.1, 0.15) is 17.3 Å². The monoisotopic (exact) mass is 335 g/mol. The van der Waals surface area contributed by atoms with Gasteiger partial charge in [-0.25, -0.2) is 4.79 Å². The first-order chi connectivity index (χ1) is 12.2. The molecule has 5 rings (SSSR count). The molecule has 3 aromatic rings. The Kier molecular flexibility index (Phi) is 3.35. The number of rotatable bonds is 2. The SMILES string of the molecule is CN1[C@@H]2CC[C@H]1CC(OC(=O)c1cccc3oc4ccccc4c13)C2. The molecule has 0 radical (unpaired) electrons. The molecule has 25 heavy (non-hydrogen) atoms. The topological polar surface area (TPSA) is 42.7 Å². The van der Waals surface area contributed by atoms with Gasteiger partial charge in [0.15, 0.2) is 0 Å². The van der Waals surface area contributed by atoms with E-state index < -0.39 is 0 Å². The Hall–Kier alpha value is -2.33. The minimum absolute atomic E-state index is 0.0228. The Morgan fingerprint density at radius 1 is 1.04 bits per heavy atom. The zero-order valence-electron chi connectivity index (χ0n) is 14.3. The van der Waals surface area contributed by atoms with E-state index in [0.29, 0.717) is 17.6 Å². The van der Waals surface area contributed by atoms with Crippen LogP contribution in [0.1, 0.15) is 36.0 Å². The van der Waals surface area contributed by atoms with Crippen molar-refractivity contribution >= 4 is 27.9 Å². The molecule has 2 fully saturated rings. The molecular weight excluding hydrogens is 314 g/mol. The van der Waals surface area contributed by atoms with E-state index in [9.17, 15) is 4.79 Å². The minimum atomic E-state index is -0.230. The van der Waals surface area contributed by atoms with Gasteiger partial charge in [-0.05, 0) is 38.1 Å². The summed E-state index contributed by atoms with van der Waals surface area (Å²) >= 11 is 0. The molecule has 0 N–H and O–H groups in total. The smallest absolute Gasteiger partial charge is 0.339 e. The lowest BCUT2D eigenvalue weighted by Gasteiger charge is -2.35. The lowest BCUT2D eigenvalue weighted by molar-refractivity contribution is -0.000261. The number of carbonyl (C=O) groups excluding carboxylic acids is 1. The highest BCUT2D eigenvalue weighted by atomic mass is 16.5. The van der Waals surface area contributed by atoms with Gasteiger partial charge in [-0.3, -0.25) is 0 Å². The van der Waals surface area contributed by atoms with Crippen molar-refractivity contribution in [2.45, 2.75) is 43.9 Å². The van der Waals surface area contributed by atoms with Crippen LogP contribution in [0.5, 0.6) is 0 Å². The van der Waals surface area contributed by atoms with E-state index in [-0.39, 0.29) is 12.1 Å². The summed E-state index contributed by atoms with van der Waals surface area (Å²) in [5, 5.41) is 1.83. The molecule has 1 unspecified atom stereocenters. The van der Waals surface area contributed by atoms with Crippen LogP contribution in [0.3, 0.4) is 0 Å². The van der Waals surface area contributed by atoms with Crippen molar-refractivity contribution in [2.24, 2.45) is 0 Å². The molecule has 0 spiro atoms. The summed E-state index contributed by atoms with van der Waals surface area (Å²) < 4.78 is 11.8. The van der Waals surface area contributed by atoms with Crippen LogP contribution in [-0.4, -0.2) is 36.1 Å². The maximum Gasteiger partial charge on any atom is 0.339 e. The van der Waals surface area contributed by atoms with Gasteiger partial charge in [0.05, 0.1) is 5.56 Å². The summed E-state index contributed by atoms with van der Waals surface area (Å²) in [4.78, 5) is 15.4. The van der Waals surface area contributed by atoms with Gasteiger partial charge >= 0.3 is 5.97 Å². The summed E-state index contributed by atoms with van der Waals surface area (Å²) in [6.07, 6.45) is 4.35. The number of carbonyl (C=O) groups is 1. The molecule has 1 aromatic heterocycles. The van der Waals surface area contributed by atoms with Crippen LogP contribution in [0.4, 0.5) is 0 Å². The largest absolute Gasteiger partial charge is 0.459 e. The van der Waals surface area contributed by atoms with E-state index in [1.165, 1.54) is 12.8 Å². The van der Waals surface area contributed by atoms with Gasteiger partial charge in [-0.2, -0.15) is 0 Å². The highest BCUT2D eigenvalue weighted by Crippen LogP contribution is 2.36. The van der Waals surface area contributed by atoms with Crippen LogP contribution < -0.4 is 0 Å². The van der Waals surface area contributed by atoms with Gasteiger partial charge in [0.2, 0.25) is 0 Å². The molecule has 3 heterocycles. The second kappa shape index (κ2) is 5.60. The van der Waals surface area contributed by atoms with Crippen molar-refractivity contribution in [2.75, 3.05) is 7.05 Å². The Morgan fingerprint density at radius 3 is 2.56 bits per heavy atom. The molecule has 0 saturated carbocycles. The zero-order chi connectivity index (χ0) is 17.0. The lowest BCUT2D eigenvalue weighted by atomic mass is 10.0. The summed E-state index contributed by atoms with van der Waals surface area (Å²) in [5.41, 5.74) is 2.14. The molecule has 128 valence electrons. The third-order valence-corrected chi connectivity index (χ3v) is 5.95. The van der Waals surface area contributed by atoms with Crippen molar-refractivity contribution in [3.05, 3.63) is 48.0 Å². The molecule has 2 aliphatic heterocycles. The van der Waals surface area contributed by atoms with Crippen molar-refractivity contribution in [3.8, 4) is 0 Å². The average Bonchev–Trinajstić information content (AvgIpc) is 3.08. The number of hydrogen-bond donors (Lipinski definition) is 0. The van der Waals surface area contributed by atoms with Gasteiger partial charge < -0.3 is 14.1 Å². The Morgan fingerprint density at radius 2 is 1.76 bits per heavy atom. The molecule has 4 nitrogen and oxygen atoms in total. The molecular formula is C21H21NO3. The van der Waals surface area contributed by atoms with Crippen molar-refractivity contribution in [3.63, 3.8) is 0 Å². The van der Waals surface area contributed by atoms with E-state index in [1.807, 2.05) is 42.5 Å². The predicted octanol–water partition coefficient (Wildman–Crippen LogP) is 4.37. The second-order valence-electron chi connectivity index (χ2n) is 7.33. The Balaban J connectivity index is 1.48. The van der Waals surface area contributed by atoms with E-state index in [2.05, 4.69) is 11.9 Å². The molecule has 2 aliphatic rings. The van der Waals surface area contributed by atoms with Crippen molar-refractivity contribution < 1.29 is 13.9 Å². The van der Waals surface area contributed by atoms with Crippen molar-refractivity contribution in [1.29, 1.82) is 0 Å². The molecule has 0 aliphatic carbocycles. The molecule has 4 heteroatoms. The van der Waals surface area contributed by atoms with Crippen LogP contribution in [0.2, 0.25) is 0 Å². The van der Waals surface area contributed by atoms with E-state index in [4.69, 9.17) is 9.15 Å².